The van der Waals surface area contributed by atoms with E-state index in [1.807, 2.05) is 4.90 Å². The van der Waals surface area contributed by atoms with Crippen LogP contribution in [0.25, 0.3) is 0 Å². The minimum atomic E-state index is -0.721. The number of rotatable bonds is 5. The van der Waals surface area contributed by atoms with E-state index in [4.69, 9.17) is 14.9 Å². The first-order valence-electron chi connectivity index (χ1n) is 7.68. The highest BCUT2D eigenvalue weighted by Gasteiger charge is 2.16. The van der Waals surface area contributed by atoms with Gasteiger partial charge in [0.25, 0.3) is 11.8 Å². The maximum Gasteiger partial charge on any atom is 0.270 e. The van der Waals surface area contributed by atoms with Crippen LogP contribution in [-0.2, 0) is 11.3 Å². The smallest absolute Gasteiger partial charge is 0.270 e. The van der Waals surface area contributed by atoms with Crippen molar-refractivity contribution >= 4 is 17.5 Å². The van der Waals surface area contributed by atoms with Gasteiger partial charge in [0.15, 0.2) is 5.69 Å². The lowest BCUT2D eigenvalue weighted by molar-refractivity contribution is 0.0946. The van der Waals surface area contributed by atoms with Crippen LogP contribution in [0, 0.1) is 5.82 Å². The van der Waals surface area contributed by atoms with E-state index >= 15 is 0 Å². The maximum absolute atomic E-state index is 13.9. The second-order valence-corrected chi connectivity index (χ2v) is 5.47. The van der Waals surface area contributed by atoms with Gasteiger partial charge in [-0.2, -0.15) is 0 Å². The maximum atomic E-state index is 13.9. The topological polar surface area (TPSA) is 111 Å². The third-order valence-electron chi connectivity index (χ3n) is 3.73. The van der Waals surface area contributed by atoms with E-state index in [1.54, 1.807) is 6.07 Å². The Morgan fingerprint density at radius 3 is 2.72 bits per heavy atom. The number of nitrogens with two attached hydrogens (primary N) is 1. The standard InChI is InChI=1S/C16H17FN4O4/c17-11-5-10(6-12(7-11)21-1-3-24-4-2-21)16(23)19-8-14-20-13(9-25-14)15(18)22/h5-7,9H,1-4,8H2,(H2,18,22)(H,19,23). The Kier molecular flexibility index (Phi) is 4.94. The number of carbonyl (C=O) groups excluding carboxylic acids is 2. The molecule has 0 atom stereocenters. The number of oxazole rings is 1. The monoisotopic (exact) mass is 348 g/mol. The summed E-state index contributed by atoms with van der Waals surface area (Å²) in [5.74, 6) is -1.57. The second-order valence-electron chi connectivity index (χ2n) is 5.47. The number of halogens is 1. The molecule has 0 bridgehead atoms. The molecule has 1 aliphatic heterocycles. The molecule has 1 fully saturated rings. The molecule has 0 saturated carbocycles. The van der Waals surface area contributed by atoms with Gasteiger partial charge < -0.3 is 25.1 Å². The number of hydrogen-bond donors (Lipinski definition) is 2. The molecule has 1 aliphatic rings. The number of aromatic nitrogens is 1. The highest BCUT2D eigenvalue weighted by atomic mass is 19.1. The van der Waals surface area contributed by atoms with E-state index in [0.717, 1.165) is 12.3 Å². The van der Waals surface area contributed by atoms with E-state index in [1.165, 1.54) is 6.07 Å². The number of ether oxygens (including phenoxy) is 1. The largest absolute Gasteiger partial charge is 0.446 e. The summed E-state index contributed by atoms with van der Waals surface area (Å²) < 4.78 is 24.2. The van der Waals surface area contributed by atoms with E-state index in [2.05, 4.69) is 10.3 Å². The molecule has 0 radical (unpaired) electrons. The predicted octanol–water partition coefficient (Wildman–Crippen LogP) is 0.679. The van der Waals surface area contributed by atoms with Gasteiger partial charge in [0.05, 0.1) is 19.8 Å². The van der Waals surface area contributed by atoms with Crippen LogP contribution in [0.15, 0.2) is 28.9 Å². The first kappa shape index (κ1) is 16.9. The number of carbonyl (C=O) groups is 2. The minimum Gasteiger partial charge on any atom is -0.446 e. The number of morpholine rings is 1. The molecule has 1 aromatic carbocycles. The SMILES string of the molecule is NC(=O)c1coc(CNC(=O)c2cc(F)cc(N3CCOCC3)c2)n1. The molecule has 3 rings (SSSR count). The Labute approximate surface area is 142 Å². The zero-order valence-corrected chi connectivity index (χ0v) is 13.3. The Morgan fingerprint density at radius 2 is 2.04 bits per heavy atom. The molecular formula is C16H17FN4O4. The molecule has 25 heavy (non-hydrogen) atoms. The highest BCUT2D eigenvalue weighted by Crippen LogP contribution is 2.20. The van der Waals surface area contributed by atoms with Crippen molar-refractivity contribution in [3.8, 4) is 0 Å². The summed E-state index contributed by atoms with van der Waals surface area (Å²) in [6.45, 7) is 2.35. The molecule has 9 heteroatoms. The van der Waals surface area contributed by atoms with Crippen LogP contribution in [-0.4, -0.2) is 43.1 Å². The second kappa shape index (κ2) is 7.31. The normalized spacial score (nSPS) is 14.4. The number of anilines is 1. The summed E-state index contributed by atoms with van der Waals surface area (Å²) in [7, 11) is 0. The molecule has 132 valence electrons. The Bertz CT molecular complexity index is 786. The lowest BCUT2D eigenvalue weighted by Crippen LogP contribution is -2.36. The van der Waals surface area contributed by atoms with Gasteiger partial charge in [-0.3, -0.25) is 9.59 Å². The molecule has 8 nitrogen and oxygen atoms in total. The predicted molar refractivity (Wildman–Crippen MR) is 85.6 cm³/mol. The van der Waals surface area contributed by atoms with Crippen LogP contribution in [0.4, 0.5) is 10.1 Å². The van der Waals surface area contributed by atoms with Gasteiger partial charge in [-0.15, -0.1) is 0 Å². The fraction of sp³-hybridized carbons (Fsp3) is 0.312. The zero-order valence-electron chi connectivity index (χ0n) is 13.3. The Hall–Kier alpha value is -2.94. The number of benzene rings is 1. The first-order valence-corrected chi connectivity index (χ1v) is 7.68. The summed E-state index contributed by atoms with van der Waals surface area (Å²) >= 11 is 0. The van der Waals surface area contributed by atoms with E-state index in [9.17, 15) is 14.0 Å². The summed E-state index contributed by atoms with van der Waals surface area (Å²) in [5, 5.41) is 2.57. The van der Waals surface area contributed by atoms with Crippen LogP contribution >= 0.6 is 0 Å². The molecule has 0 unspecified atom stereocenters. The highest BCUT2D eigenvalue weighted by molar-refractivity contribution is 5.95. The molecule has 1 aromatic heterocycles. The van der Waals surface area contributed by atoms with Gasteiger partial charge >= 0.3 is 0 Å². The van der Waals surface area contributed by atoms with Crippen LogP contribution < -0.4 is 16.0 Å². The molecule has 3 N–H and O–H groups in total. The Balaban J connectivity index is 1.68. The first-order chi connectivity index (χ1) is 12.0. The van der Waals surface area contributed by atoms with Crippen molar-refractivity contribution in [1.82, 2.24) is 10.3 Å². The van der Waals surface area contributed by atoms with E-state index in [0.29, 0.717) is 32.0 Å². The van der Waals surface area contributed by atoms with Crippen LogP contribution in [0.2, 0.25) is 0 Å². The van der Waals surface area contributed by atoms with Crippen LogP contribution in [0.3, 0.4) is 0 Å². The molecule has 0 spiro atoms. The third kappa shape index (κ3) is 4.13. The van der Waals surface area contributed by atoms with Gasteiger partial charge in [-0.25, -0.2) is 9.37 Å². The van der Waals surface area contributed by atoms with E-state index < -0.39 is 17.6 Å². The van der Waals surface area contributed by atoms with Gasteiger partial charge in [0, 0.05) is 24.3 Å². The average molecular weight is 348 g/mol. The third-order valence-corrected chi connectivity index (χ3v) is 3.73. The zero-order chi connectivity index (χ0) is 17.8. The fourth-order valence-electron chi connectivity index (χ4n) is 2.47. The van der Waals surface area contributed by atoms with Crippen molar-refractivity contribution in [2.45, 2.75) is 6.54 Å². The van der Waals surface area contributed by atoms with Crippen LogP contribution in [0.1, 0.15) is 26.7 Å². The summed E-state index contributed by atoms with van der Waals surface area (Å²) in [6.07, 6.45) is 1.11. The molecule has 0 aliphatic carbocycles. The quantitative estimate of drug-likeness (QED) is 0.822. The number of nitrogens with one attached hydrogen (secondary N) is 1. The van der Waals surface area contributed by atoms with Crippen molar-refractivity contribution in [1.29, 1.82) is 0 Å². The summed E-state index contributed by atoms with van der Waals surface area (Å²) in [5.41, 5.74) is 5.86. The van der Waals surface area contributed by atoms with Crippen molar-refractivity contribution in [3.63, 3.8) is 0 Å². The fourth-order valence-corrected chi connectivity index (χ4v) is 2.47. The minimum absolute atomic E-state index is 0.0235. The Morgan fingerprint density at radius 1 is 1.28 bits per heavy atom. The van der Waals surface area contributed by atoms with E-state index in [-0.39, 0.29) is 23.7 Å². The summed E-state index contributed by atoms with van der Waals surface area (Å²) in [4.78, 5) is 29.0. The molecule has 2 aromatic rings. The van der Waals surface area contributed by atoms with Gasteiger partial charge in [0.1, 0.15) is 12.1 Å². The van der Waals surface area contributed by atoms with Crippen molar-refractivity contribution in [3.05, 3.63) is 47.4 Å². The lowest BCUT2D eigenvalue weighted by atomic mass is 10.1. The van der Waals surface area contributed by atoms with Gasteiger partial charge in [-0.1, -0.05) is 0 Å². The van der Waals surface area contributed by atoms with Crippen molar-refractivity contribution in [2.24, 2.45) is 5.73 Å². The molecule has 2 heterocycles. The number of primary amides is 1. The van der Waals surface area contributed by atoms with Crippen LogP contribution in [0.5, 0.6) is 0 Å². The van der Waals surface area contributed by atoms with Gasteiger partial charge in [-0.05, 0) is 18.2 Å². The number of amides is 2. The van der Waals surface area contributed by atoms with Gasteiger partial charge in [0.2, 0.25) is 5.89 Å². The molecule has 2 amide bonds. The number of hydrogen-bond acceptors (Lipinski definition) is 6. The lowest BCUT2D eigenvalue weighted by Gasteiger charge is -2.29. The number of nitrogens with zero attached hydrogens (tertiary/aromatic N) is 2. The van der Waals surface area contributed by atoms with Crippen molar-refractivity contribution < 1.29 is 23.1 Å². The summed E-state index contributed by atoms with van der Waals surface area (Å²) in [6, 6.07) is 4.16. The molecule has 1 saturated heterocycles. The van der Waals surface area contributed by atoms with Crippen molar-refractivity contribution in [2.75, 3.05) is 31.2 Å². The average Bonchev–Trinajstić information content (AvgIpc) is 3.09. The molecular weight excluding hydrogens is 331 g/mol.